The Morgan fingerprint density at radius 2 is 1.71 bits per heavy atom. The largest absolute Gasteiger partial charge is 0.490 e. The average Bonchev–Trinajstić information content (AvgIpc) is 2.07. The molecule has 0 amide bonds. The molecule has 0 N–H and O–H groups in total. The van der Waals surface area contributed by atoms with E-state index in [2.05, 4.69) is 4.74 Å². The minimum Gasteiger partial charge on any atom is -0.456 e. The van der Waals surface area contributed by atoms with Gasteiger partial charge in [-0.25, -0.2) is 4.79 Å². The van der Waals surface area contributed by atoms with E-state index < -0.39 is 18.2 Å². The SMILES string of the molecule is CC1CCC(OC(=O)C(F)(F)F)CC1. The van der Waals surface area contributed by atoms with E-state index in [-0.39, 0.29) is 0 Å². The second kappa shape index (κ2) is 4.19. The first-order chi connectivity index (χ1) is 6.39. The van der Waals surface area contributed by atoms with Crippen LogP contribution in [0.1, 0.15) is 32.6 Å². The van der Waals surface area contributed by atoms with Crippen LogP contribution >= 0.6 is 0 Å². The van der Waals surface area contributed by atoms with Gasteiger partial charge in [-0.1, -0.05) is 6.92 Å². The molecule has 0 saturated heterocycles. The highest BCUT2D eigenvalue weighted by atomic mass is 19.4. The maximum Gasteiger partial charge on any atom is 0.490 e. The van der Waals surface area contributed by atoms with Crippen molar-refractivity contribution in [1.82, 2.24) is 0 Å². The topological polar surface area (TPSA) is 26.3 Å². The highest BCUT2D eigenvalue weighted by molar-refractivity contribution is 5.75. The van der Waals surface area contributed by atoms with Crippen molar-refractivity contribution in [2.45, 2.75) is 44.9 Å². The summed E-state index contributed by atoms with van der Waals surface area (Å²) in [5.41, 5.74) is 0. The Bertz CT molecular complexity index is 205. The van der Waals surface area contributed by atoms with Crippen molar-refractivity contribution in [3.8, 4) is 0 Å². The number of alkyl halides is 3. The first-order valence-corrected chi connectivity index (χ1v) is 4.67. The number of ether oxygens (including phenoxy) is 1. The molecule has 0 aromatic rings. The predicted octanol–water partition coefficient (Wildman–Crippen LogP) is 2.67. The lowest BCUT2D eigenvalue weighted by Gasteiger charge is -2.26. The Kier molecular flexibility index (Phi) is 3.39. The maximum absolute atomic E-state index is 11.8. The molecule has 1 aliphatic rings. The summed E-state index contributed by atoms with van der Waals surface area (Å²) < 4.78 is 39.8. The van der Waals surface area contributed by atoms with Gasteiger partial charge in [0.1, 0.15) is 6.10 Å². The second-order valence-corrected chi connectivity index (χ2v) is 3.78. The number of carbonyl (C=O) groups is 1. The fraction of sp³-hybridized carbons (Fsp3) is 0.889. The first kappa shape index (κ1) is 11.3. The smallest absolute Gasteiger partial charge is 0.456 e. The van der Waals surface area contributed by atoms with Gasteiger partial charge in [0.2, 0.25) is 0 Å². The van der Waals surface area contributed by atoms with E-state index in [9.17, 15) is 18.0 Å². The summed E-state index contributed by atoms with van der Waals surface area (Å²) in [6.45, 7) is 2.04. The van der Waals surface area contributed by atoms with Gasteiger partial charge in [-0.15, -0.1) is 0 Å². The second-order valence-electron chi connectivity index (χ2n) is 3.78. The average molecular weight is 210 g/mol. The monoisotopic (exact) mass is 210 g/mol. The third-order valence-electron chi connectivity index (χ3n) is 2.47. The molecule has 0 radical (unpaired) electrons. The van der Waals surface area contributed by atoms with E-state index in [1.54, 1.807) is 0 Å². The van der Waals surface area contributed by atoms with E-state index in [0.717, 1.165) is 12.8 Å². The predicted molar refractivity (Wildman–Crippen MR) is 43.6 cm³/mol. The molecule has 0 atom stereocenters. The fourth-order valence-electron chi connectivity index (χ4n) is 1.57. The van der Waals surface area contributed by atoms with E-state index in [0.29, 0.717) is 18.8 Å². The molecule has 0 aromatic heterocycles. The van der Waals surface area contributed by atoms with E-state index in [4.69, 9.17) is 0 Å². The molecule has 0 aromatic carbocycles. The molecule has 1 rings (SSSR count). The van der Waals surface area contributed by atoms with Gasteiger partial charge in [0.05, 0.1) is 0 Å². The zero-order valence-electron chi connectivity index (χ0n) is 7.93. The van der Waals surface area contributed by atoms with Crippen LogP contribution in [0.25, 0.3) is 0 Å². The Balaban J connectivity index is 2.35. The summed E-state index contributed by atoms with van der Waals surface area (Å²) in [5.74, 6) is -1.53. The van der Waals surface area contributed by atoms with E-state index in [1.165, 1.54) is 0 Å². The summed E-state index contributed by atoms with van der Waals surface area (Å²) in [6.07, 6.45) is -2.65. The van der Waals surface area contributed by atoms with Crippen molar-refractivity contribution in [2.75, 3.05) is 0 Å². The van der Waals surface area contributed by atoms with Crippen LogP contribution in [0.3, 0.4) is 0 Å². The fourth-order valence-corrected chi connectivity index (χ4v) is 1.57. The zero-order chi connectivity index (χ0) is 10.8. The standard InChI is InChI=1S/C9H13F3O2/c1-6-2-4-7(5-3-6)14-8(13)9(10,11)12/h6-7H,2-5H2,1H3. The molecular weight excluding hydrogens is 197 g/mol. The van der Waals surface area contributed by atoms with Gasteiger partial charge in [0.15, 0.2) is 0 Å². The summed E-state index contributed by atoms with van der Waals surface area (Å²) >= 11 is 0. The van der Waals surface area contributed by atoms with Crippen LogP contribution in [0, 0.1) is 5.92 Å². The van der Waals surface area contributed by atoms with E-state index >= 15 is 0 Å². The van der Waals surface area contributed by atoms with Crippen LogP contribution in [0.5, 0.6) is 0 Å². The highest BCUT2D eigenvalue weighted by Gasteiger charge is 2.42. The number of hydrogen-bond acceptors (Lipinski definition) is 2. The lowest BCUT2D eigenvalue weighted by atomic mass is 9.89. The maximum atomic E-state index is 11.8. The van der Waals surface area contributed by atoms with Crippen LogP contribution in [-0.2, 0) is 9.53 Å². The van der Waals surface area contributed by atoms with Gasteiger partial charge in [0, 0.05) is 0 Å². The van der Waals surface area contributed by atoms with Crippen molar-refractivity contribution in [3.63, 3.8) is 0 Å². The Labute approximate surface area is 80.4 Å². The van der Waals surface area contributed by atoms with Crippen LogP contribution in [-0.4, -0.2) is 18.2 Å². The minimum atomic E-state index is -4.86. The van der Waals surface area contributed by atoms with Crippen molar-refractivity contribution in [3.05, 3.63) is 0 Å². The quantitative estimate of drug-likeness (QED) is 0.622. The molecule has 0 heterocycles. The highest BCUT2D eigenvalue weighted by Crippen LogP contribution is 2.27. The molecular formula is C9H13F3O2. The molecule has 0 aliphatic heterocycles. The zero-order valence-corrected chi connectivity index (χ0v) is 7.93. The summed E-state index contributed by atoms with van der Waals surface area (Å²) in [5, 5.41) is 0. The third kappa shape index (κ3) is 3.20. The first-order valence-electron chi connectivity index (χ1n) is 4.67. The number of rotatable bonds is 1. The van der Waals surface area contributed by atoms with Gasteiger partial charge >= 0.3 is 12.1 Å². The van der Waals surface area contributed by atoms with Gasteiger partial charge < -0.3 is 4.74 Å². The normalized spacial score (nSPS) is 28.6. The molecule has 82 valence electrons. The van der Waals surface area contributed by atoms with Gasteiger partial charge in [-0.2, -0.15) is 13.2 Å². The summed E-state index contributed by atoms with van der Waals surface area (Å²) in [6, 6.07) is 0. The molecule has 2 nitrogen and oxygen atoms in total. The summed E-state index contributed by atoms with van der Waals surface area (Å²) in [7, 11) is 0. The van der Waals surface area contributed by atoms with Gasteiger partial charge in [-0.3, -0.25) is 0 Å². The number of hydrogen-bond donors (Lipinski definition) is 0. The van der Waals surface area contributed by atoms with Crippen molar-refractivity contribution in [2.24, 2.45) is 5.92 Å². The van der Waals surface area contributed by atoms with Gasteiger partial charge in [0.25, 0.3) is 0 Å². The third-order valence-corrected chi connectivity index (χ3v) is 2.47. The molecule has 5 heteroatoms. The van der Waals surface area contributed by atoms with Crippen LogP contribution in [0.2, 0.25) is 0 Å². The number of carbonyl (C=O) groups excluding carboxylic acids is 1. The van der Waals surface area contributed by atoms with Crippen molar-refractivity contribution >= 4 is 5.97 Å². The number of halogens is 3. The molecule has 1 saturated carbocycles. The Hall–Kier alpha value is -0.740. The van der Waals surface area contributed by atoms with Crippen LogP contribution < -0.4 is 0 Å². The number of esters is 1. The summed E-state index contributed by atoms with van der Waals surface area (Å²) in [4.78, 5) is 10.5. The van der Waals surface area contributed by atoms with Gasteiger partial charge in [-0.05, 0) is 31.6 Å². The van der Waals surface area contributed by atoms with Crippen molar-refractivity contribution in [1.29, 1.82) is 0 Å². The van der Waals surface area contributed by atoms with E-state index in [1.807, 2.05) is 6.92 Å². The Morgan fingerprint density at radius 1 is 1.21 bits per heavy atom. The lowest BCUT2D eigenvalue weighted by Crippen LogP contribution is -2.32. The molecule has 0 spiro atoms. The van der Waals surface area contributed by atoms with Crippen molar-refractivity contribution < 1.29 is 22.7 Å². The molecule has 0 bridgehead atoms. The molecule has 0 unspecified atom stereocenters. The minimum absolute atomic E-state index is 0.524. The lowest BCUT2D eigenvalue weighted by molar-refractivity contribution is -0.206. The van der Waals surface area contributed by atoms with Crippen LogP contribution in [0.4, 0.5) is 13.2 Å². The molecule has 14 heavy (non-hydrogen) atoms. The Morgan fingerprint density at radius 3 is 2.14 bits per heavy atom. The molecule has 1 aliphatic carbocycles. The van der Waals surface area contributed by atoms with Crippen LogP contribution in [0.15, 0.2) is 0 Å². The molecule has 1 fully saturated rings.